The standard InChI is InChI=1S/C12H17ClFN3O2/c1-12(2,6-15)7-16(3)10-5-9(14)8(13)4-11(10)17(18)19/h4-5H,6-7,15H2,1-3H3. The number of halogens is 2. The van der Waals surface area contributed by atoms with Gasteiger partial charge in [0.05, 0.1) is 9.95 Å². The molecule has 2 N–H and O–H groups in total. The molecule has 1 aromatic rings. The minimum atomic E-state index is -0.681. The highest BCUT2D eigenvalue weighted by atomic mass is 35.5. The summed E-state index contributed by atoms with van der Waals surface area (Å²) in [5, 5.41) is 10.7. The number of nitrogens with zero attached hydrogens (tertiary/aromatic N) is 2. The molecule has 0 aromatic heterocycles. The van der Waals surface area contributed by atoms with Gasteiger partial charge in [-0.05, 0) is 12.0 Å². The molecule has 5 nitrogen and oxygen atoms in total. The monoisotopic (exact) mass is 289 g/mol. The SMILES string of the molecule is CN(CC(C)(C)CN)c1cc(F)c(Cl)cc1[N+](=O)[O-]. The lowest BCUT2D eigenvalue weighted by Crippen LogP contribution is -2.37. The molecule has 0 saturated heterocycles. The van der Waals surface area contributed by atoms with E-state index in [1.165, 1.54) is 0 Å². The predicted molar refractivity (Wildman–Crippen MR) is 74.2 cm³/mol. The van der Waals surface area contributed by atoms with Crippen LogP contribution in [0, 0.1) is 21.3 Å². The van der Waals surface area contributed by atoms with Crippen molar-refractivity contribution in [3.8, 4) is 0 Å². The van der Waals surface area contributed by atoms with Gasteiger partial charge in [-0.1, -0.05) is 25.4 Å². The molecule has 0 aliphatic carbocycles. The Kier molecular flexibility index (Phi) is 4.70. The maximum Gasteiger partial charge on any atom is 0.294 e. The van der Waals surface area contributed by atoms with E-state index in [1.54, 1.807) is 11.9 Å². The summed E-state index contributed by atoms with van der Waals surface area (Å²) in [6.45, 7) is 4.75. The number of hydrogen-bond acceptors (Lipinski definition) is 4. The quantitative estimate of drug-likeness (QED) is 0.668. The molecule has 0 atom stereocenters. The lowest BCUT2D eigenvalue weighted by atomic mass is 9.93. The Morgan fingerprint density at radius 2 is 2.11 bits per heavy atom. The number of benzene rings is 1. The molecule has 0 radical (unpaired) electrons. The smallest absolute Gasteiger partial charge is 0.294 e. The second kappa shape index (κ2) is 5.71. The molecule has 0 spiro atoms. The molecule has 0 amide bonds. The molecule has 0 aliphatic heterocycles. The van der Waals surface area contributed by atoms with Gasteiger partial charge in [-0.15, -0.1) is 0 Å². The summed E-state index contributed by atoms with van der Waals surface area (Å²) < 4.78 is 13.5. The van der Waals surface area contributed by atoms with Crippen molar-refractivity contribution in [3.05, 3.63) is 33.1 Å². The van der Waals surface area contributed by atoms with E-state index < -0.39 is 10.7 Å². The summed E-state index contributed by atoms with van der Waals surface area (Å²) in [4.78, 5) is 12.0. The van der Waals surface area contributed by atoms with Gasteiger partial charge in [-0.3, -0.25) is 10.1 Å². The third kappa shape index (κ3) is 3.78. The van der Waals surface area contributed by atoms with E-state index in [9.17, 15) is 14.5 Å². The Balaban J connectivity index is 3.18. The zero-order chi connectivity index (χ0) is 14.8. The molecule has 0 fully saturated rings. The molecule has 1 aromatic carbocycles. The van der Waals surface area contributed by atoms with Crippen molar-refractivity contribution >= 4 is 23.0 Å². The average Bonchev–Trinajstić information content (AvgIpc) is 2.31. The van der Waals surface area contributed by atoms with Crippen molar-refractivity contribution in [2.24, 2.45) is 11.1 Å². The van der Waals surface area contributed by atoms with Crippen LogP contribution in [-0.2, 0) is 0 Å². The topological polar surface area (TPSA) is 72.4 Å². The van der Waals surface area contributed by atoms with E-state index in [0.29, 0.717) is 13.1 Å². The second-order valence-electron chi connectivity index (χ2n) is 5.24. The molecule has 0 aliphatic rings. The number of nitrogens with two attached hydrogens (primary N) is 1. The summed E-state index contributed by atoms with van der Waals surface area (Å²) in [7, 11) is 1.66. The van der Waals surface area contributed by atoms with E-state index in [2.05, 4.69) is 0 Å². The predicted octanol–water partition coefficient (Wildman–Crippen LogP) is 2.81. The van der Waals surface area contributed by atoms with Gasteiger partial charge in [-0.2, -0.15) is 0 Å². The number of anilines is 1. The minimum absolute atomic E-state index is 0.188. The Labute approximate surface area is 116 Å². The zero-order valence-corrected chi connectivity index (χ0v) is 11.9. The van der Waals surface area contributed by atoms with Crippen LogP contribution in [0.3, 0.4) is 0 Å². The fourth-order valence-corrected chi connectivity index (χ4v) is 1.93. The van der Waals surface area contributed by atoms with Gasteiger partial charge < -0.3 is 10.6 Å². The van der Waals surface area contributed by atoms with Gasteiger partial charge in [0.15, 0.2) is 0 Å². The Morgan fingerprint density at radius 1 is 1.53 bits per heavy atom. The number of nitro benzene ring substituents is 1. The highest BCUT2D eigenvalue weighted by molar-refractivity contribution is 6.31. The van der Waals surface area contributed by atoms with Crippen LogP contribution in [-0.4, -0.2) is 25.1 Å². The van der Waals surface area contributed by atoms with Crippen molar-refractivity contribution < 1.29 is 9.31 Å². The maximum atomic E-state index is 13.5. The maximum absolute atomic E-state index is 13.5. The molecule has 106 valence electrons. The second-order valence-corrected chi connectivity index (χ2v) is 5.64. The first kappa shape index (κ1) is 15.7. The first-order chi connectivity index (χ1) is 8.68. The third-order valence-electron chi connectivity index (χ3n) is 2.84. The molecule has 1 rings (SSSR count). The van der Waals surface area contributed by atoms with Crippen molar-refractivity contribution in [2.45, 2.75) is 13.8 Å². The lowest BCUT2D eigenvalue weighted by Gasteiger charge is -2.30. The third-order valence-corrected chi connectivity index (χ3v) is 3.13. The summed E-state index contributed by atoms with van der Waals surface area (Å²) in [6.07, 6.45) is 0. The molecule has 0 bridgehead atoms. The Hall–Kier alpha value is -1.40. The first-order valence-electron chi connectivity index (χ1n) is 5.72. The number of nitro groups is 1. The van der Waals surface area contributed by atoms with E-state index >= 15 is 0 Å². The molecule has 0 saturated carbocycles. The van der Waals surface area contributed by atoms with Gasteiger partial charge in [0.1, 0.15) is 11.5 Å². The van der Waals surface area contributed by atoms with Crippen LogP contribution in [0.1, 0.15) is 13.8 Å². The van der Waals surface area contributed by atoms with Crippen LogP contribution in [0.4, 0.5) is 15.8 Å². The van der Waals surface area contributed by atoms with Gasteiger partial charge >= 0.3 is 0 Å². The molecule has 0 heterocycles. The van der Waals surface area contributed by atoms with Crippen LogP contribution >= 0.6 is 11.6 Å². The Morgan fingerprint density at radius 3 is 2.58 bits per heavy atom. The van der Waals surface area contributed by atoms with E-state index in [-0.39, 0.29) is 21.8 Å². The normalized spacial score (nSPS) is 11.5. The number of hydrogen-bond donors (Lipinski definition) is 1. The van der Waals surface area contributed by atoms with Crippen molar-refractivity contribution in [1.29, 1.82) is 0 Å². The minimum Gasteiger partial charge on any atom is -0.368 e. The summed E-state index contributed by atoms with van der Waals surface area (Å²) in [5.74, 6) is -0.681. The van der Waals surface area contributed by atoms with E-state index in [4.69, 9.17) is 17.3 Å². The average molecular weight is 290 g/mol. The fraction of sp³-hybridized carbons (Fsp3) is 0.500. The van der Waals surface area contributed by atoms with Gasteiger partial charge in [0.2, 0.25) is 0 Å². The number of rotatable bonds is 5. The highest BCUT2D eigenvalue weighted by Crippen LogP contribution is 2.33. The van der Waals surface area contributed by atoms with Crippen LogP contribution in [0.15, 0.2) is 12.1 Å². The molecule has 7 heteroatoms. The van der Waals surface area contributed by atoms with E-state index in [0.717, 1.165) is 12.1 Å². The largest absolute Gasteiger partial charge is 0.368 e. The van der Waals surface area contributed by atoms with Gasteiger partial charge in [0, 0.05) is 25.7 Å². The lowest BCUT2D eigenvalue weighted by molar-refractivity contribution is -0.384. The van der Waals surface area contributed by atoms with Crippen LogP contribution in [0.5, 0.6) is 0 Å². The zero-order valence-electron chi connectivity index (χ0n) is 11.1. The van der Waals surface area contributed by atoms with E-state index in [1.807, 2.05) is 13.8 Å². The fourth-order valence-electron chi connectivity index (χ4n) is 1.77. The summed E-state index contributed by atoms with van der Waals surface area (Å²) in [6, 6.07) is 2.10. The van der Waals surface area contributed by atoms with Crippen molar-refractivity contribution in [3.63, 3.8) is 0 Å². The summed E-state index contributed by atoms with van der Waals surface area (Å²) in [5.41, 5.74) is 5.36. The van der Waals surface area contributed by atoms with Gasteiger partial charge in [0.25, 0.3) is 5.69 Å². The van der Waals surface area contributed by atoms with Crippen LogP contribution in [0.2, 0.25) is 5.02 Å². The molecule has 19 heavy (non-hydrogen) atoms. The van der Waals surface area contributed by atoms with Crippen LogP contribution < -0.4 is 10.6 Å². The van der Waals surface area contributed by atoms with Crippen LogP contribution in [0.25, 0.3) is 0 Å². The van der Waals surface area contributed by atoms with Crippen molar-refractivity contribution in [1.82, 2.24) is 0 Å². The summed E-state index contributed by atoms with van der Waals surface area (Å²) >= 11 is 5.58. The first-order valence-corrected chi connectivity index (χ1v) is 6.10. The molecular formula is C12H17ClFN3O2. The van der Waals surface area contributed by atoms with Gasteiger partial charge in [-0.25, -0.2) is 4.39 Å². The Bertz CT molecular complexity index is 494. The molecule has 0 unspecified atom stereocenters. The molecular weight excluding hydrogens is 273 g/mol. The van der Waals surface area contributed by atoms with Crippen molar-refractivity contribution in [2.75, 3.05) is 25.0 Å². The highest BCUT2D eigenvalue weighted by Gasteiger charge is 2.25.